The molecule has 0 aliphatic carbocycles. The van der Waals surface area contributed by atoms with Gasteiger partial charge in [-0.1, -0.05) is 0 Å². The van der Waals surface area contributed by atoms with Gasteiger partial charge >= 0.3 is 6.36 Å². The highest BCUT2D eigenvalue weighted by Crippen LogP contribution is 2.27. The van der Waals surface area contributed by atoms with Crippen LogP contribution in [0.15, 0.2) is 36.5 Å². The van der Waals surface area contributed by atoms with Crippen molar-refractivity contribution in [1.29, 1.82) is 0 Å². The Morgan fingerprint density at radius 3 is 2.62 bits per heavy atom. The average molecular weight is 408 g/mol. The first-order valence-corrected chi connectivity index (χ1v) is 9.11. The minimum Gasteiger partial charge on any atom is -0.491 e. The molecular formula is C19H19F3N4O3. The van der Waals surface area contributed by atoms with E-state index in [1.54, 1.807) is 18.3 Å². The summed E-state index contributed by atoms with van der Waals surface area (Å²) in [5, 5.41) is 0. The molecule has 10 heteroatoms. The molecule has 3 heterocycles. The van der Waals surface area contributed by atoms with Crippen LogP contribution in [-0.2, 0) is 4.74 Å². The van der Waals surface area contributed by atoms with Crippen LogP contribution in [-0.4, -0.2) is 65.7 Å². The van der Waals surface area contributed by atoms with E-state index < -0.39 is 6.36 Å². The fourth-order valence-electron chi connectivity index (χ4n) is 3.03. The molecule has 0 saturated carbocycles. The summed E-state index contributed by atoms with van der Waals surface area (Å²) in [6, 6.07) is 7.47. The Bertz CT molecular complexity index is 953. The first-order valence-electron chi connectivity index (χ1n) is 9.11. The number of nitrogens with zero attached hydrogens (tertiary/aromatic N) is 3. The summed E-state index contributed by atoms with van der Waals surface area (Å²) in [5.74, 6) is 0.767. The van der Waals surface area contributed by atoms with Gasteiger partial charge in [0.05, 0.1) is 30.4 Å². The lowest BCUT2D eigenvalue weighted by molar-refractivity contribution is -0.274. The van der Waals surface area contributed by atoms with Gasteiger partial charge in [-0.05, 0) is 24.3 Å². The van der Waals surface area contributed by atoms with Crippen LogP contribution in [0.3, 0.4) is 0 Å². The van der Waals surface area contributed by atoms with Gasteiger partial charge in [0.15, 0.2) is 5.82 Å². The summed E-state index contributed by atoms with van der Waals surface area (Å²) >= 11 is 0. The highest BCUT2D eigenvalue weighted by atomic mass is 19.4. The van der Waals surface area contributed by atoms with Crippen molar-refractivity contribution in [3.05, 3.63) is 36.5 Å². The first-order chi connectivity index (χ1) is 14.0. The van der Waals surface area contributed by atoms with Gasteiger partial charge in [-0.2, -0.15) is 0 Å². The van der Waals surface area contributed by atoms with E-state index in [-0.39, 0.29) is 5.75 Å². The summed E-state index contributed by atoms with van der Waals surface area (Å²) in [6.07, 6.45) is -3.15. The summed E-state index contributed by atoms with van der Waals surface area (Å²) in [6.45, 7) is 4.67. The number of hydrogen-bond acceptors (Lipinski definition) is 6. The van der Waals surface area contributed by atoms with E-state index in [0.29, 0.717) is 34.9 Å². The van der Waals surface area contributed by atoms with Gasteiger partial charge in [0.25, 0.3) is 0 Å². The van der Waals surface area contributed by atoms with Crippen molar-refractivity contribution in [2.45, 2.75) is 6.36 Å². The molecule has 4 rings (SSSR count). The highest BCUT2D eigenvalue weighted by Gasteiger charge is 2.31. The van der Waals surface area contributed by atoms with Crippen LogP contribution in [0, 0.1) is 0 Å². The van der Waals surface area contributed by atoms with E-state index in [2.05, 4.69) is 24.6 Å². The van der Waals surface area contributed by atoms with Crippen LogP contribution in [0.1, 0.15) is 0 Å². The second kappa shape index (κ2) is 8.26. The van der Waals surface area contributed by atoms with Crippen LogP contribution in [0.4, 0.5) is 13.2 Å². The number of pyridine rings is 1. The summed E-state index contributed by atoms with van der Waals surface area (Å²) in [5.41, 5.74) is 1.50. The van der Waals surface area contributed by atoms with Crippen molar-refractivity contribution < 1.29 is 27.4 Å². The molecule has 0 spiro atoms. The van der Waals surface area contributed by atoms with Gasteiger partial charge in [0, 0.05) is 25.7 Å². The molecule has 0 unspecified atom stereocenters. The molecule has 1 aliphatic heterocycles. The van der Waals surface area contributed by atoms with Gasteiger partial charge in [-0.25, -0.2) is 9.97 Å². The average Bonchev–Trinajstić information content (AvgIpc) is 3.11. The number of aromatic nitrogens is 3. The standard InChI is InChI=1S/C19H19F3N4O3/c20-19(21,22)29-13-1-3-15-17(11-13)25-18(24-15)16-4-2-14(12-23-16)28-10-7-26-5-8-27-9-6-26/h1-4,11-12H,5-10H2,(H,24,25). The maximum atomic E-state index is 12.4. The third-order valence-corrected chi connectivity index (χ3v) is 4.45. The lowest BCUT2D eigenvalue weighted by atomic mass is 10.3. The second-order valence-electron chi connectivity index (χ2n) is 6.49. The molecule has 0 atom stereocenters. The van der Waals surface area contributed by atoms with Crippen molar-refractivity contribution in [2.24, 2.45) is 0 Å². The third kappa shape index (κ3) is 5.15. The lowest BCUT2D eigenvalue weighted by Gasteiger charge is -2.26. The Hall–Kier alpha value is -2.85. The number of rotatable bonds is 6. The Kier molecular flexibility index (Phi) is 5.54. The maximum Gasteiger partial charge on any atom is 0.573 e. The molecule has 154 valence electrons. The van der Waals surface area contributed by atoms with E-state index in [4.69, 9.17) is 9.47 Å². The van der Waals surface area contributed by atoms with Crippen LogP contribution >= 0.6 is 0 Å². The molecular weight excluding hydrogens is 389 g/mol. The topological polar surface area (TPSA) is 72.5 Å². The van der Waals surface area contributed by atoms with Crippen molar-refractivity contribution in [3.8, 4) is 23.0 Å². The molecule has 2 aromatic heterocycles. The highest BCUT2D eigenvalue weighted by molar-refractivity contribution is 5.80. The predicted molar refractivity (Wildman–Crippen MR) is 98.8 cm³/mol. The number of ether oxygens (including phenoxy) is 3. The molecule has 3 aromatic rings. The van der Waals surface area contributed by atoms with E-state index in [1.807, 2.05) is 0 Å². The van der Waals surface area contributed by atoms with E-state index in [9.17, 15) is 13.2 Å². The zero-order valence-electron chi connectivity index (χ0n) is 15.4. The molecule has 1 N–H and O–H groups in total. The number of imidazole rings is 1. The molecule has 0 radical (unpaired) electrons. The fourth-order valence-corrected chi connectivity index (χ4v) is 3.03. The summed E-state index contributed by atoms with van der Waals surface area (Å²) < 4.78 is 52.0. The van der Waals surface area contributed by atoms with Gasteiger partial charge in [-0.3, -0.25) is 4.90 Å². The molecule has 1 saturated heterocycles. The van der Waals surface area contributed by atoms with Crippen molar-refractivity contribution >= 4 is 11.0 Å². The fraction of sp³-hybridized carbons (Fsp3) is 0.368. The molecule has 1 aromatic carbocycles. The van der Waals surface area contributed by atoms with Crippen LogP contribution < -0.4 is 9.47 Å². The van der Waals surface area contributed by atoms with Gasteiger partial charge in [-0.15, -0.1) is 13.2 Å². The number of nitrogens with one attached hydrogen (secondary N) is 1. The van der Waals surface area contributed by atoms with Gasteiger partial charge in [0.2, 0.25) is 0 Å². The van der Waals surface area contributed by atoms with Crippen molar-refractivity contribution in [3.63, 3.8) is 0 Å². The Morgan fingerprint density at radius 2 is 1.90 bits per heavy atom. The number of halogens is 3. The largest absolute Gasteiger partial charge is 0.573 e. The van der Waals surface area contributed by atoms with E-state index in [0.717, 1.165) is 32.8 Å². The number of hydrogen-bond donors (Lipinski definition) is 1. The monoisotopic (exact) mass is 408 g/mol. The van der Waals surface area contributed by atoms with Crippen LogP contribution in [0.2, 0.25) is 0 Å². The molecule has 7 nitrogen and oxygen atoms in total. The number of alkyl halides is 3. The number of morpholine rings is 1. The molecule has 29 heavy (non-hydrogen) atoms. The van der Waals surface area contributed by atoms with Crippen molar-refractivity contribution in [1.82, 2.24) is 19.9 Å². The minimum absolute atomic E-state index is 0.319. The van der Waals surface area contributed by atoms with Crippen molar-refractivity contribution in [2.75, 3.05) is 39.5 Å². The number of benzene rings is 1. The Labute approximate surface area is 164 Å². The Morgan fingerprint density at radius 1 is 1.10 bits per heavy atom. The quantitative estimate of drug-likeness (QED) is 0.675. The maximum absolute atomic E-state index is 12.4. The third-order valence-electron chi connectivity index (χ3n) is 4.45. The predicted octanol–water partition coefficient (Wildman–Crippen LogP) is 3.23. The minimum atomic E-state index is -4.74. The molecule has 0 bridgehead atoms. The SMILES string of the molecule is FC(F)(F)Oc1ccc2[nH]c(-c3ccc(OCCN4CCOCC4)cn3)nc2c1. The van der Waals surface area contributed by atoms with Crippen LogP contribution in [0.5, 0.6) is 11.5 Å². The zero-order chi connectivity index (χ0) is 20.3. The number of fused-ring (bicyclic) bond motifs is 1. The number of H-pyrrole nitrogens is 1. The Balaban J connectivity index is 1.39. The second-order valence-corrected chi connectivity index (χ2v) is 6.49. The van der Waals surface area contributed by atoms with Gasteiger partial charge in [0.1, 0.15) is 23.8 Å². The zero-order valence-corrected chi connectivity index (χ0v) is 15.4. The first kappa shape index (κ1) is 19.5. The normalized spacial score (nSPS) is 15.6. The molecule has 1 aliphatic rings. The summed E-state index contributed by atoms with van der Waals surface area (Å²) in [4.78, 5) is 13.9. The van der Waals surface area contributed by atoms with Crippen LogP contribution in [0.25, 0.3) is 22.6 Å². The van der Waals surface area contributed by atoms with E-state index >= 15 is 0 Å². The molecule has 1 fully saturated rings. The lowest BCUT2D eigenvalue weighted by Crippen LogP contribution is -2.38. The molecule has 0 amide bonds. The van der Waals surface area contributed by atoms with Gasteiger partial charge < -0.3 is 19.2 Å². The number of aromatic amines is 1. The van der Waals surface area contributed by atoms with E-state index in [1.165, 1.54) is 18.2 Å². The smallest absolute Gasteiger partial charge is 0.491 e. The summed E-state index contributed by atoms with van der Waals surface area (Å²) in [7, 11) is 0.